The smallest absolute Gasteiger partial charge is 0.407 e. The lowest BCUT2D eigenvalue weighted by Crippen LogP contribution is -2.71. The standard InChI is InChI=1S/C19H24ClN7O7S2/c1-19(2,3)34-18(32)22-5-4-6-33-25-9(12-24-17(21)36-26-12)13(28)23-10-14(29)27-11(16(30)31)8(20)7-35-15(10)27/h10,15H,4-7H2,1-3H3,(H,22,32)(H,23,28)(H,30,31)(H2,21,24,26)/b25-9+. The number of carboxylic acids is 1. The van der Waals surface area contributed by atoms with Crippen LogP contribution >= 0.6 is 34.9 Å². The van der Waals surface area contributed by atoms with Crippen LogP contribution in [0.25, 0.3) is 0 Å². The molecule has 0 spiro atoms. The number of β-lactam (4-membered cyclic amide) rings is 1. The Morgan fingerprint density at radius 1 is 1.36 bits per heavy atom. The van der Waals surface area contributed by atoms with Gasteiger partial charge in [0.05, 0.1) is 5.03 Å². The number of oxime groups is 1. The second-order valence-corrected chi connectivity index (χ2v) is 10.8. The van der Waals surface area contributed by atoms with Crippen molar-refractivity contribution in [1.82, 2.24) is 24.9 Å². The van der Waals surface area contributed by atoms with Crippen molar-refractivity contribution in [2.45, 2.75) is 44.2 Å². The number of nitrogens with two attached hydrogens (primary N) is 1. The van der Waals surface area contributed by atoms with Gasteiger partial charge in [-0.05, 0) is 20.8 Å². The number of nitrogens with one attached hydrogen (secondary N) is 2. The molecule has 17 heteroatoms. The number of ether oxygens (including phenoxy) is 1. The van der Waals surface area contributed by atoms with Crippen molar-refractivity contribution in [2.75, 3.05) is 24.6 Å². The molecule has 0 bridgehead atoms. The van der Waals surface area contributed by atoms with E-state index < -0.39 is 40.9 Å². The number of thioether (sulfide) groups is 1. The Morgan fingerprint density at radius 3 is 2.69 bits per heavy atom. The molecule has 2 atom stereocenters. The summed E-state index contributed by atoms with van der Waals surface area (Å²) in [6.45, 7) is 5.51. The van der Waals surface area contributed by atoms with E-state index in [9.17, 15) is 24.3 Å². The van der Waals surface area contributed by atoms with Crippen molar-refractivity contribution >= 4 is 69.6 Å². The first-order valence-corrected chi connectivity index (χ1v) is 12.7. The van der Waals surface area contributed by atoms with Gasteiger partial charge in [-0.2, -0.15) is 9.36 Å². The minimum Gasteiger partial charge on any atom is -0.477 e. The molecular weight excluding hydrogens is 538 g/mol. The summed E-state index contributed by atoms with van der Waals surface area (Å²) in [7, 11) is 0. The lowest BCUT2D eigenvalue weighted by Gasteiger charge is -2.48. The fourth-order valence-electron chi connectivity index (χ4n) is 3.06. The van der Waals surface area contributed by atoms with Gasteiger partial charge in [0.15, 0.2) is 5.13 Å². The number of carboxylic acid groups (broad SMARTS) is 1. The summed E-state index contributed by atoms with van der Waals surface area (Å²) in [6, 6.07) is -1.01. The van der Waals surface area contributed by atoms with Crippen LogP contribution in [0.2, 0.25) is 0 Å². The lowest BCUT2D eigenvalue weighted by atomic mass is 10.0. The highest BCUT2D eigenvalue weighted by Crippen LogP contribution is 2.41. The first-order chi connectivity index (χ1) is 16.9. The second kappa shape index (κ2) is 11.3. The third-order valence-electron chi connectivity index (χ3n) is 4.52. The van der Waals surface area contributed by atoms with Crippen LogP contribution in [0.1, 0.15) is 33.0 Å². The maximum absolute atomic E-state index is 13.0. The summed E-state index contributed by atoms with van der Waals surface area (Å²) in [6.07, 6.45) is -0.223. The molecular formula is C19H24ClN7O7S2. The van der Waals surface area contributed by atoms with Crippen molar-refractivity contribution in [3.8, 4) is 0 Å². The highest BCUT2D eigenvalue weighted by molar-refractivity contribution is 8.00. The van der Waals surface area contributed by atoms with E-state index in [4.69, 9.17) is 26.9 Å². The molecule has 14 nitrogen and oxygen atoms in total. The third-order valence-corrected chi connectivity index (χ3v) is 6.81. The summed E-state index contributed by atoms with van der Waals surface area (Å²) in [5, 5.41) is 17.8. The van der Waals surface area contributed by atoms with E-state index in [1.807, 2.05) is 0 Å². The Kier molecular flexibility index (Phi) is 8.63. The van der Waals surface area contributed by atoms with Crippen molar-refractivity contribution < 1.29 is 33.9 Å². The zero-order valence-corrected chi connectivity index (χ0v) is 21.8. The summed E-state index contributed by atoms with van der Waals surface area (Å²) >= 11 is 8.02. The number of carbonyl (C=O) groups excluding carboxylic acids is 3. The molecule has 36 heavy (non-hydrogen) atoms. The number of alkyl carbamates (subject to hydrolysis) is 1. The number of fused-ring (bicyclic) bond motifs is 1. The van der Waals surface area contributed by atoms with E-state index in [0.717, 1.165) is 16.4 Å². The monoisotopic (exact) mass is 561 g/mol. The molecule has 1 aromatic heterocycles. The van der Waals surface area contributed by atoms with Crippen LogP contribution in [-0.4, -0.2) is 84.9 Å². The fourth-order valence-corrected chi connectivity index (χ4v) is 5.04. The zero-order chi connectivity index (χ0) is 26.6. The number of aromatic nitrogens is 2. The van der Waals surface area contributed by atoms with Gasteiger partial charge in [0, 0.05) is 30.3 Å². The minimum atomic E-state index is -1.33. The second-order valence-electron chi connectivity index (χ2n) is 8.43. The highest BCUT2D eigenvalue weighted by Gasteiger charge is 2.54. The van der Waals surface area contributed by atoms with Gasteiger partial charge in [-0.3, -0.25) is 14.5 Å². The lowest BCUT2D eigenvalue weighted by molar-refractivity contribution is -0.150. The van der Waals surface area contributed by atoms with Crippen LogP contribution < -0.4 is 16.4 Å². The largest absolute Gasteiger partial charge is 0.477 e. The number of hydrogen-bond donors (Lipinski definition) is 4. The quantitative estimate of drug-likeness (QED) is 0.143. The molecule has 2 aliphatic rings. The Morgan fingerprint density at radius 2 is 2.08 bits per heavy atom. The van der Waals surface area contributed by atoms with Crippen molar-refractivity contribution in [3.63, 3.8) is 0 Å². The number of amides is 3. The Labute approximate surface area is 218 Å². The van der Waals surface area contributed by atoms with Crippen LogP contribution in [0.3, 0.4) is 0 Å². The number of carbonyl (C=O) groups is 4. The van der Waals surface area contributed by atoms with Gasteiger partial charge in [0.2, 0.25) is 11.5 Å². The molecule has 2 unspecified atom stereocenters. The predicted molar refractivity (Wildman–Crippen MR) is 131 cm³/mol. The molecule has 196 valence electrons. The Hall–Kier alpha value is -3.11. The van der Waals surface area contributed by atoms with Crippen LogP contribution in [0, 0.1) is 0 Å². The first kappa shape index (κ1) is 27.5. The summed E-state index contributed by atoms with van der Waals surface area (Å²) < 4.78 is 9.09. The van der Waals surface area contributed by atoms with Crippen molar-refractivity contribution in [3.05, 3.63) is 16.6 Å². The maximum atomic E-state index is 13.0. The Balaban J connectivity index is 1.60. The molecule has 0 aromatic carbocycles. The SMILES string of the molecule is CC(C)(C)OC(=O)NCCCO/N=C(/C(=O)NC1C(=O)N2C(C(=O)O)=C(Cl)CSC12)c1nsc(N)n1. The molecule has 3 rings (SSSR count). The average Bonchev–Trinajstić information content (AvgIpc) is 3.20. The number of rotatable bonds is 9. The zero-order valence-electron chi connectivity index (χ0n) is 19.4. The summed E-state index contributed by atoms with van der Waals surface area (Å²) in [5.74, 6) is -2.69. The number of nitrogens with zero attached hydrogens (tertiary/aromatic N) is 4. The Bertz CT molecular complexity index is 1120. The molecule has 3 amide bonds. The predicted octanol–water partition coefficient (Wildman–Crippen LogP) is 0.691. The van der Waals surface area contributed by atoms with Gasteiger partial charge in [0.25, 0.3) is 11.8 Å². The van der Waals surface area contributed by atoms with Crippen molar-refractivity contribution in [1.29, 1.82) is 0 Å². The van der Waals surface area contributed by atoms with Crippen LogP contribution in [0.5, 0.6) is 0 Å². The van der Waals surface area contributed by atoms with E-state index in [1.165, 1.54) is 11.8 Å². The normalized spacial score (nSPS) is 19.8. The summed E-state index contributed by atoms with van der Waals surface area (Å²) in [5.41, 5.74) is 4.37. The maximum Gasteiger partial charge on any atom is 0.407 e. The van der Waals surface area contributed by atoms with E-state index in [0.29, 0.717) is 6.42 Å². The van der Waals surface area contributed by atoms with Gasteiger partial charge >= 0.3 is 12.1 Å². The van der Waals surface area contributed by atoms with Crippen LogP contribution in [0.15, 0.2) is 15.9 Å². The third kappa shape index (κ3) is 6.55. The van der Waals surface area contributed by atoms with Gasteiger partial charge in [-0.15, -0.1) is 11.8 Å². The molecule has 3 heterocycles. The molecule has 2 aliphatic heterocycles. The van der Waals surface area contributed by atoms with E-state index in [-0.39, 0.29) is 46.3 Å². The van der Waals surface area contributed by atoms with Crippen LogP contribution in [0.4, 0.5) is 9.93 Å². The van der Waals surface area contributed by atoms with Gasteiger partial charge < -0.3 is 31.0 Å². The van der Waals surface area contributed by atoms with E-state index >= 15 is 0 Å². The molecule has 1 saturated heterocycles. The van der Waals surface area contributed by atoms with Gasteiger partial charge in [-0.1, -0.05) is 16.8 Å². The fraction of sp³-hybridized carbons (Fsp3) is 0.526. The minimum absolute atomic E-state index is 0.0338. The molecule has 1 fully saturated rings. The van der Waals surface area contributed by atoms with Crippen molar-refractivity contribution in [2.24, 2.45) is 5.16 Å². The average molecular weight is 562 g/mol. The molecule has 0 saturated carbocycles. The molecule has 0 radical (unpaired) electrons. The number of anilines is 1. The van der Waals surface area contributed by atoms with E-state index in [2.05, 4.69) is 25.1 Å². The van der Waals surface area contributed by atoms with E-state index in [1.54, 1.807) is 20.8 Å². The number of halogens is 1. The topological polar surface area (TPSA) is 198 Å². The molecule has 1 aromatic rings. The van der Waals surface area contributed by atoms with Gasteiger partial charge in [0.1, 0.15) is 29.3 Å². The number of hydrogen-bond acceptors (Lipinski definition) is 12. The number of nitrogen functional groups attached to an aromatic ring is 1. The van der Waals surface area contributed by atoms with Crippen LogP contribution in [-0.2, 0) is 24.0 Å². The molecule has 5 N–H and O–H groups in total. The first-order valence-electron chi connectivity index (χ1n) is 10.5. The summed E-state index contributed by atoms with van der Waals surface area (Å²) in [4.78, 5) is 58.9. The molecule has 0 aliphatic carbocycles. The van der Waals surface area contributed by atoms with Gasteiger partial charge in [-0.25, -0.2) is 9.59 Å². The highest BCUT2D eigenvalue weighted by atomic mass is 35.5. The number of aliphatic carboxylic acids is 1.